The standard InChI is InChI=1S/C47H59F3N10O9/c1-28-40(59(30-9-6-7-10-30)27-47(49,50)45(66)56(28)3)55-46(51-2)54-35-26-33(48)32(25-37(35)67-5)41(62)53-29-15-18-58(19-16-29)20-22-69-24-23-68-21-17-52-34-12-8-11-31-39(34)44(65)60(42(31)63)36-13-14-38(61)57(4)43(36)64/h8,11-12,25-26,29-30,36,52H,2,6-7,9-10,13-24,27H2,1,3-5H3,(H,53,62)(H,54,55). The first-order chi connectivity index (χ1) is 33.0. The number of likely N-dealkylation sites (N-methyl/N-ethyl adjacent to an activating group) is 1. The number of aliphatic imine (C=N–C) groups is 2. The van der Waals surface area contributed by atoms with Crippen LogP contribution in [-0.4, -0.2) is 177 Å². The van der Waals surface area contributed by atoms with E-state index in [0.29, 0.717) is 84.0 Å². The lowest BCUT2D eigenvalue weighted by Gasteiger charge is -2.32. The Balaban J connectivity index is 0.825. The number of guanidine groups is 1. The number of alkyl halides is 2. The number of allylic oxidation sites excluding steroid dienone is 1. The smallest absolute Gasteiger partial charge is 0.342 e. The monoisotopic (exact) mass is 964 g/mol. The van der Waals surface area contributed by atoms with Crippen LogP contribution < -0.4 is 20.7 Å². The molecule has 1 saturated carbocycles. The van der Waals surface area contributed by atoms with Gasteiger partial charge in [0.15, 0.2) is 5.82 Å². The summed E-state index contributed by atoms with van der Waals surface area (Å²) in [5, 5.41) is 8.94. The van der Waals surface area contributed by atoms with Crippen molar-refractivity contribution >= 4 is 59.5 Å². The Kier molecular flexibility index (Phi) is 16.0. The van der Waals surface area contributed by atoms with Gasteiger partial charge in [0.05, 0.1) is 68.2 Å². The van der Waals surface area contributed by atoms with Gasteiger partial charge in [-0.15, -0.1) is 0 Å². The molecule has 22 heteroatoms. The van der Waals surface area contributed by atoms with E-state index >= 15 is 13.2 Å². The zero-order chi connectivity index (χ0) is 49.6. The van der Waals surface area contributed by atoms with Crippen LogP contribution >= 0.6 is 0 Å². The molecule has 19 nitrogen and oxygen atoms in total. The molecule has 2 aromatic rings. The van der Waals surface area contributed by atoms with E-state index in [1.54, 1.807) is 18.2 Å². The second-order valence-corrected chi connectivity index (χ2v) is 17.6. The quantitative estimate of drug-likeness (QED) is 0.0891. The summed E-state index contributed by atoms with van der Waals surface area (Å²) in [6, 6.07) is 5.70. The number of ether oxygens (including phenoxy) is 3. The van der Waals surface area contributed by atoms with Crippen LogP contribution in [0.3, 0.4) is 0 Å². The number of halogens is 3. The summed E-state index contributed by atoms with van der Waals surface area (Å²) in [5.41, 5.74) is 0.842. The topological polar surface area (TPSA) is 207 Å². The number of benzene rings is 2. The Bertz CT molecular complexity index is 2400. The highest BCUT2D eigenvalue weighted by Gasteiger charge is 2.49. The molecule has 4 aliphatic heterocycles. The van der Waals surface area contributed by atoms with Crippen molar-refractivity contribution in [3.8, 4) is 5.75 Å². The molecule has 2 aromatic carbocycles. The maximum Gasteiger partial charge on any atom is 0.342 e. The van der Waals surface area contributed by atoms with Crippen LogP contribution in [0.5, 0.6) is 5.75 Å². The Morgan fingerprint density at radius 1 is 0.913 bits per heavy atom. The van der Waals surface area contributed by atoms with Crippen LogP contribution in [-0.2, 0) is 23.9 Å². The van der Waals surface area contributed by atoms with Crippen LogP contribution in [0.4, 0.5) is 24.5 Å². The third-order valence-electron chi connectivity index (χ3n) is 13.3. The summed E-state index contributed by atoms with van der Waals surface area (Å²) < 4.78 is 62.8. The van der Waals surface area contributed by atoms with Crippen molar-refractivity contribution in [3.05, 3.63) is 64.4 Å². The number of nitrogens with one attached hydrogen (secondary N) is 3. The zero-order valence-electron chi connectivity index (χ0n) is 39.3. The Morgan fingerprint density at radius 3 is 2.32 bits per heavy atom. The molecule has 5 aliphatic rings. The van der Waals surface area contributed by atoms with Crippen LogP contribution in [0.25, 0.3) is 0 Å². The fourth-order valence-electron chi connectivity index (χ4n) is 9.30. The lowest BCUT2D eigenvalue weighted by molar-refractivity contribution is -0.155. The Hall–Kier alpha value is -6.39. The van der Waals surface area contributed by atoms with E-state index in [-0.39, 0.29) is 76.4 Å². The molecule has 7 rings (SSSR count). The summed E-state index contributed by atoms with van der Waals surface area (Å²) in [7, 11) is 3.96. The largest absolute Gasteiger partial charge is 0.495 e. The van der Waals surface area contributed by atoms with E-state index < -0.39 is 53.9 Å². The number of amides is 6. The van der Waals surface area contributed by atoms with Gasteiger partial charge in [0.1, 0.15) is 17.6 Å². The van der Waals surface area contributed by atoms with Crippen LogP contribution in [0, 0.1) is 5.82 Å². The number of rotatable bonds is 17. The Morgan fingerprint density at radius 2 is 1.62 bits per heavy atom. The van der Waals surface area contributed by atoms with Crippen LogP contribution in [0.15, 0.2) is 51.8 Å². The minimum atomic E-state index is -3.65. The summed E-state index contributed by atoms with van der Waals surface area (Å²) in [6.45, 7) is 8.01. The maximum absolute atomic E-state index is 15.7. The first-order valence-corrected chi connectivity index (χ1v) is 23.1. The maximum atomic E-state index is 15.7. The normalized spacial score (nSPS) is 20.8. The third kappa shape index (κ3) is 11.1. The van der Waals surface area contributed by atoms with Gasteiger partial charge in [-0.1, -0.05) is 18.9 Å². The number of methoxy groups -OCH3 is 1. The molecule has 1 unspecified atom stereocenters. The van der Waals surface area contributed by atoms with Crippen molar-refractivity contribution in [2.75, 3.05) is 91.0 Å². The molecule has 0 aromatic heterocycles. The summed E-state index contributed by atoms with van der Waals surface area (Å²) in [5.74, 6) is -8.50. The number of hydrogen-bond donors (Lipinski definition) is 3. The molecule has 1 aliphatic carbocycles. The second kappa shape index (κ2) is 21.9. The summed E-state index contributed by atoms with van der Waals surface area (Å²) in [6.07, 6.45) is 4.40. The molecule has 69 heavy (non-hydrogen) atoms. The van der Waals surface area contributed by atoms with Crippen molar-refractivity contribution in [1.29, 1.82) is 0 Å². The molecule has 3 fully saturated rings. The Labute approximate surface area is 398 Å². The van der Waals surface area contributed by atoms with Gasteiger partial charge in [-0.3, -0.25) is 38.6 Å². The van der Waals surface area contributed by atoms with Gasteiger partial charge in [-0.25, -0.2) is 9.38 Å². The number of hydrogen-bond acceptors (Lipinski definition) is 13. The minimum Gasteiger partial charge on any atom is -0.495 e. The number of carbonyl (C=O) groups excluding carboxylic acids is 6. The summed E-state index contributed by atoms with van der Waals surface area (Å²) >= 11 is 0. The van der Waals surface area contributed by atoms with Gasteiger partial charge in [0.2, 0.25) is 11.9 Å². The molecule has 6 amide bonds. The van der Waals surface area contributed by atoms with Crippen molar-refractivity contribution in [1.82, 2.24) is 29.8 Å². The zero-order valence-corrected chi connectivity index (χ0v) is 39.3. The number of piperidine rings is 2. The number of anilines is 2. The number of likely N-dealkylation sites (tertiary alicyclic amines) is 2. The fraction of sp³-hybridized carbons (Fsp3) is 0.532. The first-order valence-electron chi connectivity index (χ1n) is 23.1. The molecule has 0 bridgehead atoms. The SMILES string of the molecule is C=NC(=NC1=C(C)N(C)C(=O)C(F)(F)CN1C1CCCC1)Nc1cc(F)c(C(=O)NC2CCN(CCOCCOCCNc3cccc4c3C(=O)N(C3CCC(=O)N(C)C3=O)C4=O)CC2)cc1OC. The van der Waals surface area contributed by atoms with Crippen molar-refractivity contribution in [2.45, 2.75) is 82.3 Å². The molecule has 2 saturated heterocycles. The van der Waals surface area contributed by atoms with Gasteiger partial charge in [-0.05, 0) is 63.9 Å². The van der Waals surface area contributed by atoms with Gasteiger partial charge in [-0.2, -0.15) is 13.8 Å². The van der Waals surface area contributed by atoms with E-state index in [4.69, 9.17) is 14.2 Å². The molecule has 1 atom stereocenters. The molecule has 0 spiro atoms. The highest BCUT2D eigenvalue weighted by molar-refractivity contribution is 6.25. The fourth-order valence-corrected chi connectivity index (χ4v) is 9.30. The molecule has 3 N–H and O–H groups in total. The van der Waals surface area contributed by atoms with Gasteiger partial charge in [0.25, 0.3) is 29.5 Å². The average Bonchev–Trinajstić information content (AvgIpc) is 3.96. The van der Waals surface area contributed by atoms with Crippen LogP contribution in [0.1, 0.15) is 89.4 Å². The van der Waals surface area contributed by atoms with Gasteiger partial charge in [0, 0.05) is 70.5 Å². The van der Waals surface area contributed by atoms with E-state index in [0.717, 1.165) is 33.6 Å². The highest BCUT2D eigenvalue weighted by atomic mass is 19.3. The van der Waals surface area contributed by atoms with Crippen LogP contribution in [0.2, 0.25) is 0 Å². The molecule has 4 heterocycles. The molecular weight excluding hydrogens is 906 g/mol. The molecular formula is C47H59F3N10O9. The predicted molar refractivity (Wildman–Crippen MR) is 248 cm³/mol. The first kappa shape index (κ1) is 50.5. The average molecular weight is 965 g/mol. The highest BCUT2D eigenvalue weighted by Crippen LogP contribution is 2.37. The molecule has 372 valence electrons. The van der Waals surface area contributed by atoms with Gasteiger partial charge >= 0.3 is 5.92 Å². The van der Waals surface area contributed by atoms with E-state index in [1.165, 1.54) is 39.1 Å². The van der Waals surface area contributed by atoms with E-state index in [2.05, 4.69) is 37.6 Å². The van der Waals surface area contributed by atoms with E-state index in [1.807, 2.05) is 0 Å². The third-order valence-corrected chi connectivity index (χ3v) is 13.3. The number of imide groups is 2. The van der Waals surface area contributed by atoms with Crippen molar-refractivity contribution < 1.29 is 56.1 Å². The number of fused-ring (bicyclic) bond motifs is 1. The van der Waals surface area contributed by atoms with Crippen molar-refractivity contribution in [2.24, 2.45) is 9.98 Å². The molecule has 0 radical (unpaired) electrons. The minimum absolute atomic E-state index is 0.0615. The number of carbonyl (C=O) groups is 6. The lowest BCUT2D eigenvalue weighted by Crippen LogP contribution is -2.54. The lowest BCUT2D eigenvalue weighted by atomic mass is 10.0. The van der Waals surface area contributed by atoms with E-state index in [9.17, 15) is 28.8 Å². The van der Waals surface area contributed by atoms with Gasteiger partial charge < -0.3 is 44.9 Å². The predicted octanol–water partition coefficient (Wildman–Crippen LogP) is 3.93. The summed E-state index contributed by atoms with van der Waals surface area (Å²) in [4.78, 5) is 92.3. The number of nitrogens with zero attached hydrogens (tertiary/aromatic N) is 7. The van der Waals surface area contributed by atoms with Crippen molar-refractivity contribution in [3.63, 3.8) is 0 Å². The second-order valence-electron chi connectivity index (χ2n) is 17.6.